The molecule has 2 heterocycles. The highest BCUT2D eigenvalue weighted by atomic mass is 15.1. The average molecular weight is 777 g/mol. The van der Waals surface area contributed by atoms with E-state index in [-0.39, 0.29) is 0 Å². The van der Waals surface area contributed by atoms with Crippen LogP contribution < -0.4 is 0 Å². The van der Waals surface area contributed by atoms with Gasteiger partial charge >= 0.3 is 0 Å². The van der Waals surface area contributed by atoms with Crippen molar-refractivity contribution in [3.63, 3.8) is 0 Å². The number of nitrogens with zero attached hydrogens (tertiary/aromatic N) is 4. The van der Waals surface area contributed by atoms with Crippen LogP contribution in [-0.4, -0.2) is 19.5 Å². The van der Waals surface area contributed by atoms with E-state index in [2.05, 4.69) is 211 Å². The molecule has 61 heavy (non-hydrogen) atoms. The van der Waals surface area contributed by atoms with E-state index in [1.807, 2.05) is 12.1 Å². The monoisotopic (exact) mass is 776 g/mol. The molecule has 12 rings (SSSR count). The van der Waals surface area contributed by atoms with Gasteiger partial charge in [-0.05, 0) is 85.9 Å². The summed E-state index contributed by atoms with van der Waals surface area (Å²) in [4.78, 5) is 16.5. The first-order chi connectivity index (χ1) is 30.2. The molecule has 2 aromatic heterocycles. The van der Waals surface area contributed by atoms with Crippen LogP contribution in [0.5, 0.6) is 0 Å². The molecule has 4 heteroatoms. The van der Waals surface area contributed by atoms with Crippen LogP contribution in [0.1, 0.15) is 0 Å². The van der Waals surface area contributed by atoms with E-state index in [0.717, 1.165) is 89.3 Å². The summed E-state index contributed by atoms with van der Waals surface area (Å²) in [5, 5.41) is 7.12. The minimum absolute atomic E-state index is 0.803. The summed E-state index contributed by atoms with van der Waals surface area (Å²) in [5.41, 5.74) is 13.8. The molecule has 0 radical (unpaired) electrons. The number of fused-ring (bicyclic) bond motifs is 5. The van der Waals surface area contributed by atoms with Crippen molar-refractivity contribution in [2.24, 2.45) is 0 Å². The Bertz CT molecular complexity index is 3630. The van der Waals surface area contributed by atoms with Gasteiger partial charge in [-0.3, -0.25) is 4.57 Å². The third-order valence-electron chi connectivity index (χ3n) is 11.9. The molecule has 0 aliphatic carbocycles. The number of hydrogen-bond acceptors (Lipinski definition) is 3. The summed E-state index contributed by atoms with van der Waals surface area (Å²) in [5.74, 6) is 0.831. The normalized spacial score (nSPS) is 11.6. The Morgan fingerprint density at radius 1 is 0.311 bits per heavy atom. The predicted octanol–water partition coefficient (Wildman–Crippen LogP) is 14.8. The highest BCUT2D eigenvalue weighted by Crippen LogP contribution is 2.47. The standard InChI is InChI=1S/C57H36N4/c1-4-18-39(19-5-1)53-54(40-20-6-2-7-21-40)59-50-36-45(32-33-49(50)58-53)57-60-55-51(43-30-28-37-16-10-12-22-41(37)34-43)47-26-14-15-27-48(47)52(56(55)61(57)46-24-8-3-9-25-46)44-31-29-38-17-11-13-23-42(38)35-44/h1-36H. The first-order valence-corrected chi connectivity index (χ1v) is 20.7. The number of rotatable bonds is 6. The molecule has 0 aliphatic rings. The maximum absolute atomic E-state index is 5.78. The van der Waals surface area contributed by atoms with Crippen LogP contribution in [0.4, 0.5) is 0 Å². The Morgan fingerprint density at radius 2 is 0.787 bits per heavy atom. The molecule has 0 saturated carbocycles. The lowest BCUT2D eigenvalue weighted by atomic mass is 9.89. The Morgan fingerprint density at radius 3 is 1.39 bits per heavy atom. The smallest absolute Gasteiger partial charge is 0.145 e. The molecule has 0 aliphatic heterocycles. The van der Waals surface area contributed by atoms with Crippen molar-refractivity contribution in [1.29, 1.82) is 0 Å². The third kappa shape index (κ3) is 5.88. The van der Waals surface area contributed by atoms with Gasteiger partial charge < -0.3 is 0 Å². The van der Waals surface area contributed by atoms with Gasteiger partial charge in [-0.1, -0.05) is 176 Å². The zero-order valence-corrected chi connectivity index (χ0v) is 33.1. The molecule has 284 valence electrons. The molecule has 0 N–H and O–H groups in total. The summed E-state index contributed by atoms with van der Waals surface area (Å²) in [7, 11) is 0. The Kier molecular flexibility index (Phi) is 8.13. The first-order valence-electron chi connectivity index (χ1n) is 20.7. The van der Waals surface area contributed by atoms with E-state index in [0.29, 0.717) is 0 Å². The quantitative estimate of drug-likeness (QED) is 0.169. The number of para-hydroxylation sites is 1. The highest BCUT2D eigenvalue weighted by Gasteiger charge is 2.26. The fraction of sp³-hybridized carbons (Fsp3) is 0. The van der Waals surface area contributed by atoms with Crippen molar-refractivity contribution in [1.82, 2.24) is 19.5 Å². The van der Waals surface area contributed by atoms with Gasteiger partial charge in [-0.2, -0.15) is 0 Å². The van der Waals surface area contributed by atoms with Crippen LogP contribution in [-0.2, 0) is 0 Å². The van der Waals surface area contributed by atoms with Gasteiger partial charge in [0.1, 0.15) is 5.82 Å². The minimum Gasteiger partial charge on any atom is -0.292 e. The molecule has 0 atom stereocenters. The summed E-state index contributed by atoms with van der Waals surface area (Å²) >= 11 is 0. The maximum Gasteiger partial charge on any atom is 0.145 e. The van der Waals surface area contributed by atoms with Crippen molar-refractivity contribution in [3.05, 3.63) is 218 Å². The van der Waals surface area contributed by atoms with Crippen molar-refractivity contribution < 1.29 is 0 Å². The van der Waals surface area contributed by atoms with E-state index in [1.54, 1.807) is 0 Å². The fourth-order valence-electron chi connectivity index (χ4n) is 9.08. The van der Waals surface area contributed by atoms with Crippen LogP contribution in [0.25, 0.3) is 116 Å². The van der Waals surface area contributed by atoms with E-state index in [1.165, 1.54) is 26.9 Å². The van der Waals surface area contributed by atoms with E-state index >= 15 is 0 Å². The number of hydrogen-bond donors (Lipinski definition) is 0. The van der Waals surface area contributed by atoms with E-state index in [4.69, 9.17) is 15.0 Å². The molecule has 0 bridgehead atoms. The molecule has 12 aromatic rings. The lowest BCUT2D eigenvalue weighted by Crippen LogP contribution is -2.00. The van der Waals surface area contributed by atoms with E-state index < -0.39 is 0 Å². The number of imidazole rings is 1. The van der Waals surface area contributed by atoms with Crippen molar-refractivity contribution >= 4 is 54.4 Å². The van der Waals surface area contributed by atoms with Gasteiger partial charge in [0, 0.05) is 33.5 Å². The topological polar surface area (TPSA) is 43.6 Å². The van der Waals surface area contributed by atoms with Gasteiger partial charge in [-0.15, -0.1) is 0 Å². The Hall–Kier alpha value is -8.21. The second-order valence-corrected chi connectivity index (χ2v) is 15.6. The zero-order chi connectivity index (χ0) is 40.3. The summed E-state index contributed by atoms with van der Waals surface area (Å²) in [6.45, 7) is 0. The fourth-order valence-corrected chi connectivity index (χ4v) is 9.08. The summed E-state index contributed by atoms with van der Waals surface area (Å²) < 4.78 is 2.36. The third-order valence-corrected chi connectivity index (χ3v) is 11.9. The van der Waals surface area contributed by atoms with Crippen molar-refractivity contribution in [3.8, 4) is 61.8 Å². The number of aromatic nitrogens is 4. The summed E-state index contributed by atoms with van der Waals surface area (Å²) in [6, 6.07) is 77.4. The van der Waals surface area contributed by atoms with Gasteiger partial charge in [0.15, 0.2) is 0 Å². The van der Waals surface area contributed by atoms with Crippen LogP contribution >= 0.6 is 0 Å². The van der Waals surface area contributed by atoms with Crippen molar-refractivity contribution in [2.75, 3.05) is 0 Å². The molecule has 0 saturated heterocycles. The van der Waals surface area contributed by atoms with Crippen LogP contribution in [0.15, 0.2) is 218 Å². The second-order valence-electron chi connectivity index (χ2n) is 15.6. The summed E-state index contributed by atoms with van der Waals surface area (Å²) in [6.07, 6.45) is 0. The van der Waals surface area contributed by atoms with Crippen LogP contribution in [0.2, 0.25) is 0 Å². The van der Waals surface area contributed by atoms with Gasteiger partial charge in [0.2, 0.25) is 0 Å². The molecule has 0 fully saturated rings. The number of benzene rings is 10. The molecular formula is C57H36N4. The predicted molar refractivity (Wildman–Crippen MR) is 254 cm³/mol. The Labute approximate surface area is 352 Å². The SMILES string of the molecule is c1ccc(-c2nc3ccc(-c4nc5c(-c6ccc7ccccc7c6)c6ccccc6c(-c6ccc7ccccc7c6)c5n4-c4ccccc4)cc3nc2-c2ccccc2)cc1. The Balaban J connectivity index is 1.20. The minimum atomic E-state index is 0.803. The van der Waals surface area contributed by atoms with Gasteiger partial charge in [0.25, 0.3) is 0 Å². The zero-order valence-electron chi connectivity index (χ0n) is 33.1. The van der Waals surface area contributed by atoms with Gasteiger partial charge in [-0.25, -0.2) is 15.0 Å². The highest BCUT2D eigenvalue weighted by molar-refractivity contribution is 6.21. The second kappa shape index (κ2) is 14.3. The molecule has 0 spiro atoms. The van der Waals surface area contributed by atoms with Crippen molar-refractivity contribution in [2.45, 2.75) is 0 Å². The molecule has 4 nitrogen and oxygen atoms in total. The molecule has 0 unspecified atom stereocenters. The first kappa shape index (κ1) is 34.8. The average Bonchev–Trinajstić information content (AvgIpc) is 3.73. The lowest BCUT2D eigenvalue weighted by molar-refractivity contribution is 1.10. The van der Waals surface area contributed by atoms with E-state index in [9.17, 15) is 0 Å². The van der Waals surface area contributed by atoms with Crippen LogP contribution in [0.3, 0.4) is 0 Å². The molecular weight excluding hydrogens is 741 g/mol. The van der Waals surface area contributed by atoms with Gasteiger partial charge in [0.05, 0.1) is 33.5 Å². The molecule has 0 amide bonds. The largest absolute Gasteiger partial charge is 0.292 e. The van der Waals surface area contributed by atoms with Crippen LogP contribution in [0, 0.1) is 0 Å². The molecule has 10 aromatic carbocycles. The maximum atomic E-state index is 5.78. The lowest BCUT2D eigenvalue weighted by Gasteiger charge is -2.18.